The van der Waals surface area contributed by atoms with Gasteiger partial charge >= 0.3 is 0 Å². The van der Waals surface area contributed by atoms with Gasteiger partial charge in [0.15, 0.2) is 0 Å². The van der Waals surface area contributed by atoms with Gasteiger partial charge in [0.1, 0.15) is 0 Å². The summed E-state index contributed by atoms with van der Waals surface area (Å²) in [6.07, 6.45) is 1.04. The van der Waals surface area contributed by atoms with Crippen LogP contribution in [0.3, 0.4) is 0 Å². The van der Waals surface area contributed by atoms with Crippen molar-refractivity contribution in [3.05, 3.63) is 34.9 Å². The second-order valence-electron chi connectivity index (χ2n) is 5.65. The van der Waals surface area contributed by atoms with Crippen molar-refractivity contribution in [1.29, 1.82) is 0 Å². The lowest BCUT2D eigenvalue weighted by Gasteiger charge is -2.25. The first-order chi connectivity index (χ1) is 9.50. The maximum atomic E-state index is 12.0. The molecule has 20 heavy (non-hydrogen) atoms. The minimum atomic E-state index is -0.0903. The topological polar surface area (TPSA) is 53.2 Å². The normalized spacial score (nSPS) is 23.6. The number of halogens is 1. The molecule has 5 heteroatoms. The van der Waals surface area contributed by atoms with Crippen LogP contribution < -0.4 is 16.0 Å². The SMILES string of the molecule is CC(NC(=O)CNC1(C)CCNC1)c1ccccc1Cl. The van der Waals surface area contributed by atoms with Crippen LogP contribution in [-0.4, -0.2) is 31.1 Å². The van der Waals surface area contributed by atoms with E-state index in [4.69, 9.17) is 11.6 Å². The molecule has 4 nitrogen and oxygen atoms in total. The Kier molecular flexibility index (Phi) is 5.02. The van der Waals surface area contributed by atoms with E-state index in [1.54, 1.807) is 0 Å². The van der Waals surface area contributed by atoms with Crippen LogP contribution >= 0.6 is 11.6 Å². The summed E-state index contributed by atoms with van der Waals surface area (Å²) in [6, 6.07) is 7.49. The predicted octanol–water partition coefficient (Wildman–Crippen LogP) is 1.86. The summed E-state index contributed by atoms with van der Waals surface area (Å²) in [5.41, 5.74) is 0.960. The maximum absolute atomic E-state index is 12.0. The zero-order valence-electron chi connectivity index (χ0n) is 12.0. The van der Waals surface area contributed by atoms with Crippen molar-refractivity contribution in [2.24, 2.45) is 0 Å². The lowest BCUT2D eigenvalue weighted by molar-refractivity contribution is -0.121. The van der Waals surface area contributed by atoms with Gasteiger partial charge in [0.05, 0.1) is 12.6 Å². The minimum Gasteiger partial charge on any atom is -0.348 e. The zero-order chi connectivity index (χ0) is 14.6. The van der Waals surface area contributed by atoms with Gasteiger partial charge in [0, 0.05) is 17.1 Å². The van der Waals surface area contributed by atoms with Gasteiger partial charge in [0.2, 0.25) is 5.91 Å². The van der Waals surface area contributed by atoms with Crippen molar-refractivity contribution in [1.82, 2.24) is 16.0 Å². The summed E-state index contributed by atoms with van der Waals surface area (Å²) in [5, 5.41) is 10.3. The molecule has 1 amide bonds. The molecule has 1 aliphatic heterocycles. The maximum Gasteiger partial charge on any atom is 0.234 e. The summed E-state index contributed by atoms with van der Waals surface area (Å²) in [4.78, 5) is 12.0. The summed E-state index contributed by atoms with van der Waals surface area (Å²) >= 11 is 6.13. The summed E-state index contributed by atoms with van der Waals surface area (Å²) in [7, 11) is 0. The molecular weight excluding hydrogens is 274 g/mol. The van der Waals surface area contributed by atoms with E-state index in [0.29, 0.717) is 11.6 Å². The van der Waals surface area contributed by atoms with Crippen LogP contribution in [0.1, 0.15) is 31.9 Å². The molecule has 3 N–H and O–H groups in total. The largest absolute Gasteiger partial charge is 0.348 e. The minimum absolute atomic E-state index is 0.00875. The smallest absolute Gasteiger partial charge is 0.234 e. The quantitative estimate of drug-likeness (QED) is 0.777. The molecule has 1 aliphatic rings. The molecule has 0 aliphatic carbocycles. The Hall–Kier alpha value is -1.10. The van der Waals surface area contributed by atoms with Gasteiger partial charge in [-0.05, 0) is 38.4 Å². The summed E-state index contributed by atoms with van der Waals surface area (Å²) in [5.74, 6) is -0.00875. The third-order valence-corrected chi connectivity index (χ3v) is 4.14. The van der Waals surface area contributed by atoms with Crippen LogP contribution in [-0.2, 0) is 4.79 Å². The van der Waals surface area contributed by atoms with Crippen molar-refractivity contribution in [2.45, 2.75) is 31.8 Å². The fourth-order valence-electron chi connectivity index (χ4n) is 2.46. The molecule has 1 aromatic carbocycles. The van der Waals surface area contributed by atoms with E-state index in [0.717, 1.165) is 25.1 Å². The molecule has 0 radical (unpaired) electrons. The molecule has 0 saturated carbocycles. The number of amides is 1. The highest BCUT2D eigenvalue weighted by molar-refractivity contribution is 6.31. The van der Waals surface area contributed by atoms with Crippen LogP contribution in [0.15, 0.2) is 24.3 Å². The fraction of sp³-hybridized carbons (Fsp3) is 0.533. The number of nitrogens with one attached hydrogen (secondary N) is 3. The van der Waals surface area contributed by atoms with Gasteiger partial charge < -0.3 is 16.0 Å². The lowest BCUT2D eigenvalue weighted by atomic mass is 10.0. The highest BCUT2D eigenvalue weighted by Gasteiger charge is 2.28. The summed E-state index contributed by atoms with van der Waals surface area (Å²) in [6.45, 7) is 6.31. The molecule has 2 unspecified atom stereocenters. The van der Waals surface area contributed by atoms with Gasteiger partial charge in [-0.3, -0.25) is 4.79 Å². The van der Waals surface area contributed by atoms with Gasteiger partial charge in [-0.15, -0.1) is 0 Å². The van der Waals surface area contributed by atoms with E-state index in [2.05, 4.69) is 22.9 Å². The van der Waals surface area contributed by atoms with Gasteiger partial charge in [0.25, 0.3) is 0 Å². The van der Waals surface area contributed by atoms with Gasteiger partial charge in [-0.2, -0.15) is 0 Å². The number of hydrogen-bond acceptors (Lipinski definition) is 3. The molecule has 0 bridgehead atoms. The predicted molar refractivity (Wildman–Crippen MR) is 81.9 cm³/mol. The van der Waals surface area contributed by atoms with E-state index in [1.807, 2.05) is 31.2 Å². The Morgan fingerprint density at radius 3 is 2.90 bits per heavy atom. The first-order valence-corrected chi connectivity index (χ1v) is 7.37. The fourth-order valence-corrected chi connectivity index (χ4v) is 2.76. The molecule has 1 heterocycles. The second-order valence-corrected chi connectivity index (χ2v) is 6.06. The lowest BCUT2D eigenvalue weighted by Crippen LogP contribution is -2.48. The molecule has 110 valence electrons. The van der Waals surface area contributed by atoms with E-state index in [-0.39, 0.29) is 17.5 Å². The average Bonchev–Trinajstić information content (AvgIpc) is 2.84. The number of benzene rings is 1. The van der Waals surface area contributed by atoms with Crippen LogP contribution in [0.25, 0.3) is 0 Å². The molecule has 2 atom stereocenters. The Labute approximate surface area is 125 Å². The molecular formula is C15H22ClN3O. The highest BCUT2D eigenvalue weighted by Crippen LogP contribution is 2.22. The third-order valence-electron chi connectivity index (χ3n) is 3.79. The van der Waals surface area contributed by atoms with E-state index in [9.17, 15) is 4.79 Å². The molecule has 1 saturated heterocycles. The zero-order valence-corrected chi connectivity index (χ0v) is 12.8. The highest BCUT2D eigenvalue weighted by atomic mass is 35.5. The first-order valence-electron chi connectivity index (χ1n) is 7.00. The molecule has 0 aromatic heterocycles. The molecule has 1 aromatic rings. The monoisotopic (exact) mass is 295 g/mol. The number of carbonyl (C=O) groups is 1. The average molecular weight is 296 g/mol. The Morgan fingerprint density at radius 1 is 1.50 bits per heavy atom. The Balaban J connectivity index is 1.84. The van der Waals surface area contributed by atoms with Crippen LogP contribution in [0, 0.1) is 0 Å². The molecule has 0 spiro atoms. The summed E-state index contributed by atoms with van der Waals surface area (Å²) < 4.78 is 0. The van der Waals surface area contributed by atoms with Crippen molar-refractivity contribution in [3.8, 4) is 0 Å². The van der Waals surface area contributed by atoms with E-state index < -0.39 is 0 Å². The van der Waals surface area contributed by atoms with Crippen LogP contribution in [0.4, 0.5) is 0 Å². The molecule has 2 rings (SSSR count). The van der Waals surface area contributed by atoms with Crippen LogP contribution in [0.2, 0.25) is 5.02 Å². The molecule has 1 fully saturated rings. The number of carbonyl (C=O) groups excluding carboxylic acids is 1. The first kappa shape index (κ1) is 15.3. The van der Waals surface area contributed by atoms with Crippen molar-refractivity contribution >= 4 is 17.5 Å². The Bertz CT molecular complexity index is 472. The Morgan fingerprint density at radius 2 is 2.25 bits per heavy atom. The van der Waals surface area contributed by atoms with E-state index >= 15 is 0 Å². The van der Waals surface area contributed by atoms with Crippen molar-refractivity contribution in [3.63, 3.8) is 0 Å². The number of hydrogen-bond donors (Lipinski definition) is 3. The van der Waals surface area contributed by atoms with Crippen molar-refractivity contribution in [2.75, 3.05) is 19.6 Å². The van der Waals surface area contributed by atoms with Crippen molar-refractivity contribution < 1.29 is 4.79 Å². The van der Waals surface area contributed by atoms with Crippen LogP contribution in [0.5, 0.6) is 0 Å². The number of rotatable bonds is 5. The second kappa shape index (κ2) is 6.57. The van der Waals surface area contributed by atoms with Gasteiger partial charge in [-0.25, -0.2) is 0 Å². The van der Waals surface area contributed by atoms with E-state index in [1.165, 1.54) is 0 Å². The standard InChI is InChI=1S/C15H22ClN3O/c1-11(12-5-3-4-6-13(12)16)19-14(20)9-18-15(2)7-8-17-10-15/h3-6,11,17-18H,7-10H2,1-2H3,(H,19,20). The van der Waals surface area contributed by atoms with Gasteiger partial charge in [-0.1, -0.05) is 29.8 Å². The third kappa shape index (κ3) is 3.95.